The Labute approximate surface area is 163 Å². The van der Waals surface area contributed by atoms with Crippen molar-refractivity contribution in [1.82, 2.24) is 4.90 Å². The quantitative estimate of drug-likeness (QED) is 0.658. The number of nitrogens with zero attached hydrogens (tertiary/aromatic N) is 2. The molecule has 2 aromatic rings. The third kappa shape index (κ3) is 4.67. The molecule has 0 atom stereocenters. The molecule has 138 valence electrons. The summed E-state index contributed by atoms with van der Waals surface area (Å²) in [5, 5.41) is 3.81. The summed E-state index contributed by atoms with van der Waals surface area (Å²) < 4.78 is 39.6. The van der Waals surface area contributed by atoms with E-state index in [1.807, 2.05) is 34.1 Å². The number of piperazine rings is 1. The molecule has 26 heavy (non-hydrogen) atoms. The van der Waals surface area contributed by atoms with Gasteiger partial charge >= 0.3 is 6.18 Å². The summed E-state index contributed by atoms with van der Waals surface area (Å²) >= 11 is 8.84. The van der Waals surface area contributed by atoms with E-state index in [0.29, 0.717) is 37.0 Å². The second-order valence-corrected chi connectivity index (χ2v) is 7.26. The molecule has 0 radical (unpaired) electrons. The van der Waals surface area contributed by atoms with Crippen LogP contribution in [0.15, 0.2) is 53.0 Å². The molecule has 0 unspecified atom stereocenters. The normalized spacial score (nSPS) is 15.1. The first-order valence-corrected chi connectivity index (χ1v) is 9.27. The highest BCUT2D eigenvalue weighted by Crippen LogP contribution is 2.31. The third-order valence-corrected chi connectivity index (χ3v) is 5.09. The predicted octanol–water partition coefficient (Wildman–Crippen LogP) is 4.99. The summed E-state index contributed by atoms with van der Waals surface area (Å²) in [5.41, 5.74) is 0.870. The minimum Gasteiger partial charge on any atom is -0.368 e. The lowest BCUT2D eigenvalue weighted by Gasteiger charge is -2.37. The van der Waals surface area contributed by atoms with Crippen molar-refractivity contribution >= 4 is 44.6 Å². The van der Waals surface area contributed by atoms with Crippen LogP contribution in [0.3, 0.4) is 0 Å². The van der Waals surface area contributed by atoms with E-state index in [1.54, 1.807) is 6.07 Å². The number of thiocarbonyl (C=S) groups is 1. The number of rotatable bonds is 2. The van der Waals surface area contributed by atoms with E-state index >= 15 is 0 Å². The average molecular weight is 444 g/mol. The van der Waals surface area contributed by atoms with E-state index in [2.05, 4.69) is 21.2 Å². The van der Waals surface area contributed by atoms with Gasteiger partial charge in [-0.2, -0.15) is 13.2 Å². The van der Waals surface area contributed by atoms with Crippen molar-refractivity contribution in [2.45, 2.75) is 6.18 Å². The van der Waals surface area contributed by atoms with Crippen molar-refractivity contribution in [2.75, 3.05) is 36.4 Å². The number of benzene rings is 2. The first-order chi connectivity index (χ1) is 12.3. The second-order valence-electron chi connectivity index (χ2n) is 5.96. The maximum atomic E-state index is 12.9. The molecule has 1 heterocycles. The standard InChI is InChI=1S/C18H17BrF3N3S/c19-14-4-6-15(7-5-14)23-17(26)25-10-8-24(9-11-25)16-3-1-2-13(12-16)18(20,21)22/h1-7,12H,8-11H2,(H,23,26). The van der Waals surface area contributed by atoms with Gasteiger partial charge in [0.1, 0.15) is 0 Å². The summed E-state index contributed by atoms with van der Waals surface area (Å²) in [6, 6.07) is 13.2. The zero-order valence-corrected chi connectivity index (χ0v) is 16.2. The number of hydrogen-bond acceptors (Lipinski definition) is 2. The number of alkyl halides is 3. The number of anilines is 2. The van der Waals surface area contributed by atoms with Crippen molar-refractivity contribution in [3.8, 4) is 0 Å². The Morgan fingerprint density at radius 2 is 1.65 bits per heavy atom. The van der Waals surface area contributed by atoms with Gasteiger partial charge in [0.2, 0.25) is 0 Å². The van der Waals surface area contributed by atoms with Gasteiger partial charge in [0.25, 0.3) is 0 Å². The van der Waals surface area contributed by atoms with Crippen LogP contribution in [0.5, 0.6) is 0 Å². The van der Waals surface area contributed by atoms with Gasteiger partial charge in [0, 0.05) is 42.0 Å². The van der Waals surface area contributed by atoms with E-state index in [0.717, 1.165) is 16.2 Å². The SMILES string of the molecule is FC(F)(F)c1cccc(N2CCN(C(=S)Nc3ccc(Br)cc3)CC2)c1. The summed E-state index contributed by atoms with van der Waals surface area (Å²) in [5.74, 6) is 0. The number of nitrogens with one attached hydrogen (secondary N) is 1. The van der Waals surface area contributed by atoms with E-state index < -0.39 is 11.7 Å². The van der Waals surface area contributed by atoms with Gasteiger partial charge in [-0.15, -0.1) is 0 Å². The van der Waals surface area contributed by atoms with Crippen LogP contribution in [0, 0.1) is 0 Å². The fourth-order valence-corrected chi connectivity index (χ4v) is 3.35. The second kappa shape index (κ2) is 7.84. The Kier molecular flexibility index (Phi) is 5.72. The highest BCUT2D eigenvalue weighted by molar-refractivity contribution is 9.10. The van der Waals surface area contributed by atoms with Gasteiger partial charge in [-0.3, -0.25) is 0 Å². The first kappa shape index (κ1) is 19.0. The molecule has 0 amide bonds. The molecular formula is C18H17BrF3N3S. The summed E-state index contributed by atoms with van der Waals surface area (Å²) in [6.45, 7) is 2.53. The molecule has 0 aromatic heterocycles. The van der Waals surface area contributed by atoms with E-state index in [4.69, 9.17) is 12.2 Å². The topological polar surface area (TPSA) is 18.5 Å². The van der Waals surface area contributed by atoms with Gasteiger partial charge < -0.3 is 15.1 Å². The zero-order chi connectivity index (χ0) is 18.7. The lowest BCUT2D eigenvalue weighted by atomic mass is 10.1. The van der Waals surface area contributed by atoms with Crippen molar-refractivity contribution in [2.24, 2.45) is 0 Å². The molecule has 0 bridgehead atoms. The maximum absolute atomic E-state index is 12.9. The van der Waals surface area contributed by atoms with Gasteiger partial charge in [0.05, 0.1) is 5.56 Å². The first-order valence-electron chi connectivity index (χ1n) is 8.06. The molecule has 1 aliphatic rings. The van der Waals surface area contributed by atoms with Crippen molar-refractivity contribution in [3.63, 3.8) is 0 Å². The fraction of sp³-hybridized carbons (Fsp3) is 0.278. The molecule has 3 nitrogen and oxygen atoms in total. The molecule has 8 heteroatoms. The summed E-state index contributed by atoms with van der Waals surface area (Å²) in [7, 11) is 0. The molecule has 1 aliphatic heterocycles. The third-order valence-electron chi connectivity index (χ3n) is 4.20. The molecule has 1 fully saturated rings. The maximum Gasteiger partial charge on any atom is 0.416 e. The van der Waals surface area contributed by atoms with Crippen LogP contribution in [-0.4, -0.2) is 36.2 Å². The Hall–Kier alpha value is -1.80. The van der Waals surface area contributed by atoms with E-state index in [1.165, 1.54) is 12.1 Å². The van der Waals surface area contributed by atoms with Crippen LogP contribution in [0.4, 0.5) is 24.5 Å². The van der Waals surface area contributed by atoms with Crippen LogP contribution >= 0.6 is 28.1 Å². The molecule has 0 saturated carbocycles. The molecule has 0 spiro atoms. The van der Waals surface area contributed by atoms with Gasteiger partial charge in [-0.1, -0.05) is 22.0 Å². The van der Waals surface area contributed by atoms with Crippen LogP contribution in [0.1, 0.15) is 5.56 Å². The molecule has 3 rings (SSSR count). The van der Waals surface area contributed by atoms with Crippen LogP contribution in [0.25, 0.3) is 0 Å². The lowest BCUT2D eigenvalue weighted by Crippen LogP contribution is -2.50. The molecule has 1 saturated heterocycles. The fourth-order valence-electron chi connectivity index (χ4n) is 2.78. The Balaban J connectivity index is 1.59. The van der Waals surface area contributed by atoms with E-state index in [9.17, 15) is 13.2 Å². The molecule has 0 aliphatic carbocycles. The molecular weight excluding hydrogens is 427 g/mol. The van der Waals surface area contributed by atoms with Crippen molar-refractivity contribution in [1.29, 1.82) is 0 Å². The Bertz CT molecular complexity index is 772. The molecule has 1 N–H and O–H groups in total. The van der Waals surface area contributed by atoms with Crippen LogP contribution in [0.2, 0.25) is 0 Å². The predicted molar refractivity (Wildman–Crippen MR) is 106 cm³/mol. The highest BCUT2D eigenvalue weighted by Gasteiger charge is 2.31. The minimum absolute atomic E-state index is 0.589. The Morgan fingerprint density at radius 1 is 1.00 bits per heavy atom. The van der Waals surface area contributed by atoms with Gasteiger partial charge in [-0.25, -0.2) is 0 Å². The molecule has 2 aromatic carbocycles. The number of hydrogen-bond donors (Lipinski definition) is 1. The minimum atomic E-state index is -4.33. The monoisotopic (exact) mass is 443 g/mol. The number of halogens is 4. The van der Waals surface area contributed by atoms with Crippen molar-refractivity contribution in [3.05, 3.63) is 58.6 Å². The van der Waals surface area contributed by atoms with Crippen molar-refractivity contribution < 1.29 is 13.2 Å². The average Bonchev–Trinajstić information content (AvgIpc) is 2.63. The summed E-state index contributed by atoms with van der Waals surface area (Å²) in [4.78, 5) is 3.98. The largest absolute Gasteiger partial charge is 0.416 e. The smallest absolute Gasteiger partial charge is 0.368 e. The Morgan fingerprint density at radius 3 is 2.27 bits per heavy atom. The van der Waals surface area contributed by atoms with Crippen LogP contribution in [-0.2, 0) is 6.18 Å². The zero-order valence-electron chi connectivity index (χ0n) is 13.8. The lowest BCUT2D eigenvalue weighted by molar-refractivity contribution is -0.137. The van der Waals surface area contributed by atoms with Crippen LogP contribution < -0.4 is 10.2 Å². The van der Waals surface area contributed by atoms with Gasteiger partial charge in [0.15, 0.2) is 5.11 Å². The van der Waals surface area contributed by atoms with Gasteiger partial charge in [-0.05, 0) is 54.7 Å². The van der Waals surface area contributed by atoms with E-state index in [-0.39, 0.29) is 0 Å². The highest BCUT2D eigenvalue weighted by atomic mass is 79.9. The summed E-state index contributed by atoms with van der Waals surface area (Å²) in [6.07, 6.45) is -4.33.